The third kappa shape index (κ3) is 13.6. The number of hydroxylamine groups is 3. The minimum atomic E-state index is -1.37. The molecule has 63 heavy (non-hydrogen) atoms. The number of aliphatic carboxylic acids is 1. The lowest BCUT2D eigenvalue weighted by Gasteiger charge is -2.32. The average Bonchev–Trinajstić information content (AvgIpc) is 3.76. The number of carboxylic acid groups (broad SMARTS) is 1. The first-order valence-electron chi connectivity index (χ1n) is 20.9. The largest absolute Gasteiger partial charge is 0.714 e. The Morgan fingerprint density at radius 2 is 1.54 bits per heavy atom. The fourth-order valence-corrected chi connectivity index (χ4v) is 6.94. The summed E-state index contributed by atoms with van der Waals surface area (Å²) in [5, 5.41) is 46.4. The number of carbonyl (C=O) groups excluding carboxylic acids is 6. The summed E-state index contributed by atoms with van der Waals surface area (Å²) in [6.45, 7) is 8.04. The molecule has 0 aliphatic carbocycles. The van der Waals surface area contributed by atoms with Crippen molar-refractivity contribution in [2.24, 2.45) is 27.9 Å². The molecule has 0 unspecified atom stereocenters. The lowest BCUT2D eigenvalue weighted by molar-refractivity contribution is -0.539. The van der Waals surface area contributed by atoms with E-state index in [1.807, 2.05) is 0 Å². The topological polar surface area (TPSA) is 366 Å². The first-order valence-corrected chi connectivity index (χ1v) is 20.9. The van der Waals surface area contributed by atoms with E-state index in [0.717, 1.165) is 0 Å². The third-order valence-corrected chi connectivity index (χ3v) is 11.4. The number of guanidine groups is 1. The van der Waals surface area contributed by atoms with Gasteiger partial charge in [-0.25, -0.2) is 4.79 Å². The minimum Gasteiger partial charge on any atom is -0.714 e. The van der Waals surface area contributed by atoms with Crippen molar-refractivity contribution < 1.29 is 53.4 Å². The smallest absolute Gasteiger partial charge is 0.326 e. The number of primary amides is 1. The van der Waals surface area contributed by atoms with E-state index >= 15 is 0 Å². The Kier molecular flexibility index (Phi) is 18.5. The number of nitrogens with two attached hydrogens (primary N) is 4. The second kappa shape index (κ2) is 22.7. The molecule has 1 aromatic rings. The van der Waals surface area contributed by atoms with Crippen molar-refractivity contribution in [3.8, 4) is 5.75 Å². The zero-order chi connectivity index (χ0) is 47.2. The van der Waals surface area contributed by atoms with Crippen molar-refractivity contribution in [3.63, 3.8) is 0 Å². The maximum Gasteiger partial charge on any atom is 0.326 e. The van der Waals surface area contributed by atoms with Crippen LogP contribution in [0, 0.1) is 5.21 Å². The Bertz CT molecular complexity index is 1880. The van der Waals surface area contributed by atoms with Gasteiger partial charge in [0, 0.05) is 24.7 Å². The predicted molar refractivity (Wildman–Crippen MR) is 227 cm³/mol. The molecule has 13 N–H and O–H groups in total. The molecule has 0 spiro atoms. The van der Waals surface area contributed by atoms with Crippen LogP contribution >= 0.6 is 0 Å². The third-order valence-electron chi connectivity index (χ3n) is 11.4. The van der Waals surface area contributed by atoms with Gasteiger partial charge in [-0.2, -0.15) is 0 Å². The van der Waals surface area contributed by atoms with E-state index in [4.69, 9.17) is 27.7 Å². The number of carboxylic acids is 1. The van der Waals surface area contributed by atoms with Crippen LogP contribution in [0.4, 0.5) is 0 Å². The summed E-state index contributed by atoms with van der Waals surface area (Å²) in [5.74, 6) is -5.75. The Morgan fingerprint density at radius 3 is 2.11 bits per heavy atom. The van der Waals surface area contributed by atoms with Crippen molar-refractivity contribution in [1.29, 1.82) is 0 Å². The molecule has 0 aromatic heterocycles. The highest BCUT2D eigenvalue weighted by atomic mass is 16.5. The van der Waals surface area contributed by atoms with E-state index in [2.05, 4.69) is 26.3 Å². The van der Waals surface area contributed by atoms with Gasteiger partial charge in [0.2, 0.25) is 29.5 Å². The van der Waals surface area contributed by atoms with Gasteiger partial charge < -0.3 is 64.2 Å². The quantitative estimate of drug-likeness (QED) is 0.0179. The van der Waals surface area contributed by atoms with Gasteiger partial charge >= 0.3 is 11.8 Å². The number of nitrogens with one attached hydrogen (secondary N) is 4. The monoisotopic (exact) mass is 887 g/mol. The van der Waals surface area contributed by atoms with E-state index in [9.17, 15) is 49.1 Å². The molecule has 1 saturated heterocycles. The van der Waals surface area contributed by atoms with Crippen LogP contribution in [0.1, 0.15) is 98.0 Å². The Labute approximate surface area is 365 Å². The van der Waals surface area contributed by atoms with Crippen molar-refractivity contribution >= 4 is 53.2 Å². The Balaban J connectivity index is 1.72. The summed E-state index contributed by atoms with van der Waals surface area (Å²) < 4.78 is 6.28. The van der Waals surface area contributed by atoms with Crippen LogP contribution in [0.15, 0.2) is 29.3 Å². The first-order chi connectivity index (χ1) is 29.5. The molecule has 0 saturated carbocycles. The van der Waals surface area contributed by atoms with Gasteiger partial charge in [-0.3, -0.25) is 38.5 Å². The maximum atomic E-state index is 14.1. The fourth-order valence-electron chi connectivity index (χ4n) is 6.94. The molecule has 2 aliphatic heterocycles. The molecule has 23 nitrogen and oxygen atoms in total. The maximum absolute atomic E-state index is 14.1. The molecule has 2 aliphatic rings. The van der Waals surface area contributed by atoms with Crippen molar-refractivity contribution in [2.75, 3.05) is 26.2 Å². The van der Waals surface area contributed by atoms with Gasteiger partial charge in [-0.05, 0) is 117 Å². The number of nitrogens with zero attached hydrogens (tertiary/aromatic N) is 4. The lowest BCUT2D eigenvalue weighted by Crippen LogP contribution is -2.58. The highest BCUT2D eigenvalue weighted by Crippen LogP contribution is 2.37. The average molecular weight is 888 g/mol. The summed E-state index contributed by atoms with van der Waals surface area (Å²) in [6, 6.07) is -0.111. The van der Waals surface area contributed by atoms with E-state index in [1.54, 1.807) is 27.7 Å². The van der Waals surface area contributed by atoms with Crippen LogP contribution in [0.5, 0.6) is 5.75 Å². The summed E-state index contributed by atoms with van der Waals surface area (Å²) >= 11 is 0. The lowest BCUT2D eigenvalue weighted by atomic mass is 9.84. The number of ether oxygens (including phenoxy) is 1. The first kappa shape index (κ1) is 51.1. The highest BCUT2D eigenvalue weighted by molar-refractivity contribution is 5.97. The molecular weight excluding hydrogens is 825 g/mol. The molecule has 2 heterocycles. The SMILES string of the molecule is C[C@H](NC(=O)[C@@H]1CCCN1C(=O)[C@H](CCCN=C(N)N)NC(=O)[C@H](CCC(N)=O)NC(=O)COc1ccc(C2=[N+]([O-])C(C)(C)C(C)(C)N2[O])cc1)C(=O)N[C@@H](CCCCN)C(=O)O. The number of rotatable bonds is 24. The van der Waals surface area contributed by atoms with E-state index in [-0.39, 0.29) is 69.2 Å². The van der Waals surface area contributed by atoms with Crippen molar-refractivity contribution in [3.05, 3.63) is 35.0 Å². The van der Waals surface area contributed by atoms with Gasteiger partial charge in [0.05, 0.1) is 5.56 Å². The predicted octanol–water partition coefficient (Wildman–Crippen LogP) is -1.98. The summed E-state index contributed by atoms with van der Waals surface area (Å²) in [5.41, 5.74) is 20.1. The van der Waals surface area contributed by atoms with Crippen molar-refractivity contribution in [2.45, 2.75) is 134 Å². The molecule has 3 rings (SSSR count). The fraction of sp³-hybridized carbons (Fsp3) is 0.625. The molecular formula is C40H63N12O11. The number of amidine groups is 1. The number of carbonyl (C=O) groups is 7. The molecule has 1 aromatic carbocycles. The van der Waals surface area contributed by atoms with E-state index in [0.29, 0.717) is 41.2 Å². The molecule has 23 heteroatoms. The molecule has 0 bridgehead atoms. The zero-order valence-electron chi connectivity index (χ0n) is 36.5. The summed E-state index contributed by atoms with van der Waals surface area (Å²) in [7, 11) is 0. The number of amides is 6. The zero-order valence-corrected chi connectivity index (χ0v) is 36.5. The number of hydrogen-bond acceptors (Lipinski definition) is 12. The second-order valence-electron chi connectivity index (χ2n) is 16.6. The van der Waals surface area contributed by atoms with Crippen molar-refractivity contribution in [1.82, 2.24) is 31.2 Å². The van der Waals surface area contributed by atoms with Crippen LogP contribution in [0.2, 0.25) is 0 Å². The number of benzene rings is 1. The van der Waals surface area contributed by atoms with E-state index < -0.39 is 89.3 Å². The second-order valence-corrected chi connectivity index (χ2v) is 16.6. The molecule has 5 atom stereocenters. The number of hydrogen-bond donors (Lipinski definition) is 9. The Hall–Kier alpha value is -6.23. The summed E-state index contributed by atoms with van der Waals surface area (Å²) in [4.78, 5) is 96.1. The molecule has 1 fully saturated rings. The Morgan fingerprint density at radius 1 is 0.905 bits per heavy atom. The van der Waals surface area contributed by atoms with E-state index in [1.165, 1.54) is 36.1 Å². The van der Waals surface area contributed by atoms with Crippen LogP contribution < -0.4 is 48.9 Å². The van der Waals surface area contributed by atoms with Gasteiger partial charge in [-0.1, -0.05) is 5.06 Å². The molecule has 6 amide bonds. The highest BCUT2D eigenvalue weighted by Gasteiger charge is 2.60. The van der Waals surface area contributed by atoms with Crippen LogP contribution in [0.25, 0.3) is 0 Å². The minimum absolute atomic E-state index is 0.0102. The standard InChI is InChI=1S/C40H63N12O11/c1-23(32(55)49-28(37(59)60)10-6-7-19-41)46-34(57)29-12-9-21-50(29)36(58)27(11-8-20-45-38(43)44)48-33(56)26(17-18-30(42)53)47-31(54)22-63-25-15-13-24(14-16-25)35-51(61)39(2,3)40(4,5)52(35)62/h13-16,23,26-29H,6-12,17-22,41H2,1-5H3,(H2,42,53)(H,46,57)(H,47,54)(H,48,56)(H,49,55)(H,59,60)(H4,43,44,45)/t23-,26-,27-,28-,29-/m0/s1. The number of likely N-dealkylation sites (tertiary alicyclic amines) is 1. The van der Waals surface area contributed by atoms with Crippen LogP contribution in [-0.4, -0.2) is 141 Å². The molecule has 1 radical (unpaired) electrons. The van der Waals surface area contributed by atoms with Gasteiger partial charge in [0.25, 0.3) is 5.91 Å². The van der Waals surface area contributed by atoms with Gasteiger partial charge in [0.15, 0.2) is 18.1 Å². The van der Waals surface area contributed by atoms with Crippen LogP contribution in [-0.2, 0) is 38.8 Å². The normalized spacial score (nSPS) is 18.4. The summed E-state index contributed by atoms with van der Waals surface area (Å²) in [6.07, 6.45) is 1.43. The van der Waals surface area contributed by atoms with Gasteiger partial charge in [0.1, 0.15) is 41.5 Å². The molecule has 349 valence electrons. The van der Waals surface area contributed by atoms with Gasteiger partial charge in [-0.15, -0.1) is 0 Å². The van der Waals surface area contributed by atoms with Crippen LogP contribution in [0.3, 0.4) is 0 Å². The number of aliphatic imine (C=N–C) groups is 1. The number of unbranched alkanes of at least 4 members (excludes halogenated alkanes) is 1.